The van der Waals surface area contributed by atoms with Gasteiger partial charge in [0.05, 0.1) is 5.69 Å². The van der Waals surface area contributed by atoms with Gasteiger partial charge in [0.2, 0.25) is 0 Å². The highest BCUT2D eigenvalue weighted by molar-refractivity contribution is 7.15. The summed E-state index contributed by atoms with van der Waals surface area (Å²) in [6.07, 6.45) is 1.77. The standard InChI is InChI=1S/C11H11N5S/c1-6-5-13-11(17-6)14-10-9(4-12)7(2)8(3)15-16-10/h5H,1-3H3,(H,13,14,16). The molecule has 2 aromatic rings. The lowest BCUT2D eigenvalue weighted by Gasteiger charge is -2.06. The van der Waals surface area contributed by atoms with Gasteiger partial charge in [-0.15, -0.1) is 16.4 Å². The van der Waals surface area contributed by atoms with Gasteiger partial charge < -0.3 is 5.32 Å². The molecule has 0 saturated carbocycles. The molecule has 86 valence electrons. The Morgan fingerprint density at radius 3 is 2.65 bits per heavy atom. The van der Waals surface area contributed by atoms with Crippen LogP contribution in [0.25, 0.3) is 0 Å². The highest BCUT2D eigenvalue weighted by atomic mass is 32.1. The molecule has 17 heavy (non-hydrogen) atoms. The third-order valence-corrected chi connectivity index (χ3v) is 3.24. The van der Waals surface area contributed by atoms with Crippen molar-refractivity contribution in [2.45, 2.75) is 20.8 Å². The fourth-order valence-electron chi connectivity index (χ4n) is 1.35. The third-order valence-electron chi connectivity index (χ3n) is 2.41. The summed E-state index contributed by atoms with van der Waals surface area (Å²) in [5.74, 6) is 0.463. The number of anilines is 2. The molecule has 0 amide bonds. The van der Waals surface area contributed by atoms with Crippen LogP contribution in [0.15, 0.2) is 6.20 Å². The van der Waals surface area contributed by atoms with Crippen LogP contribution < -0.4 is 5.32 Å². The molecule has 0 atom stereocenters. The Morgan fingerprint density at radius 1 is 1.29 bits per heavy atom. The van der Waals surface area contributed by atoms with E-state index in [1.165, 1.54) is 11.3 Å². The molecule has 0 fully saturated rings. The molecule has 5 nitrogen and oxygen atoms in total. The Bertz CT molecular complexity index is 596. The lowest BCUT2D eigenvalue weighted by molar-refractivity contribution is 0.960. The fourth-order valence-corrected chi connectivity index (χ4v) is 2.01. The first kappa shape index (κ1) is 11.5. The predicted octanol–water partition coefficient (Wildman–Crippen LogP) is 2.47. The lowest BCUT2D eigenvalue weighted by atomic mass is 10.1. The molecular weight excluding hydrogens is 234 g/mol. The van der Waals surface area contributed by atoms with E-state index in [1.807, 2.05) is 20.8 Å². The van der Waals surface area contributed by atoms with Crippen LogP contribution in [0.1, 0.15) is 21.7 Å². The van der Waals surface area contributed by atoms with E-state index in [4.69, 9.17) is 5.26 Å². The quantitative estimate of drug-likeness (QED) is 0.879. The Balaban J connectivity index is 2.40. The molecule has 0 aliphatic rings. The summed E-state index contributed by atoms with van der Waals surface area (Å²) in [6.45, 7) is 5.67. The van der Waals surface area contributed by atoms with Gasteiger partial charge in [-0.1, -0.05) is 0 Å². The summed E-state index contributed by atoms with van der Waals surface area (Å²) in [5.41, 5.74) is 2.13. The van der Waals surface area contributed by atoms with Crippen LogP contribution in [0.2, 0.25) is 0 Å². The first-order chi connectivity index (χ1) is 8.11. The zero-order chi connectivity index (χ0) is 12.4. The van der Waals surface area contributed by atoms with Gasteiger partial charge in [-0.3, -0.25) is 0 Å². The first-order valence-corrected chi connectivity index (χ1v) is 5.87. The van der Waals surface area contributed by atoms with Gasteiger partial charge in [0.25, 0.3) is 0 Å². The molecule has 0 aromatic carbocycles. The summed E-state index contributed by atoms with van der Waals surface area (Å²) in [5, 5.41) is 20.9. The second kappa shape index (κ2) is 4.47. The van der Waals surface area contributed by atoms with Gasteiger partial charge in [0.1, 0.15) is 11.6 Å². The maximum absolute atomic E-state index is 9.13. The number of aromatic nitrogens is 3. The maximum atomic E-state index is 9.13. The number of rotatable bonds is 2. The number of hydrogen-bond donors (Lipinski definition) is 1. The summed E-state index contributed by atoms with van der Waals surface area (Å²) >= 11 is 1.51. The zero-order valence-corrected chi connectivity index (χ0v) is 10.6. The van der Waals surface area contributed by atoms with E-state index in [0.717, 1.165) is 21.3 Å². The molecule has 2 aromatic heterocycles. The lowest BCUT2D eigenvalue weighted by Crippen LogP contribution is -2.03. The highest BCUT2D eigenvalue weighted by Gasteiger charge is 2.11. The summed E-state index contributed by atoms with van der Waals surface area (Å²) in [7, 11) is 0. The molecule has 2 rings (SSSR count). The number of nitrogens with one attached hydrogen (secondary N) is 1. The topological polar surface area (TPSA) is 74.5 Å². The Labute approximate surface area is 103 Å². The van der Waals surface area contributed by atoms with E-state index in [1.54, 1.807) is 6.20 Å². The van der Waals surface area contributed by atoms with E-state index in [0.29, 0.717) is 11.4 Å². The minimum Gasteiger partial charge on any atom is -0.314 e. The Hall–Kier alpha value is -2.00. The average molecular weight is 245 g/mol. The Kier molecular flexibility index (Phi) is 3.02. The molecule has 2 heterocycles. The number of hydrogen-bond acceptors (Lipinski definition) is 6. The van der Waals surface area contributed by atoms with Crippen LogP contribution >= 0.6 is 11.3 Å². The normalized spacial score (nSPS) is 10.0. The van der Waals surface area contributed by atoms with E-state index in [9.17, 15) is 0 Å². The minimum absolute atomic E-state index is 0.463. The summed E-state index contributed by atoms with van der Waals surface area (Å²) in [4.78, 5) is 5.27. The molecule has 0 unspecified atom stereocenters. The largest absolute Gasteiger partial charge is 0.314 e. The molecule has 0 radical (unpaired) electrons. The van der Waals surface area contributed by atoms with Crippen LogP contribution in [0.3, 0.4) is 0 Å². The van der Waals surface area contributed by atoms with E-state index in [2.05, 4.69) is 26.6 Å². The van der Waals surface area contributed by atoms with Crippen LogP contribution in [-0.4, -0.2) is 15.2 Å². The molecule has 1 N–H and O–H groups in total. The second-order valence-electron chi connectivity index (χ2n) is 3.65. The molecule has 0 spiro atoms. The number of nitriles is 1. The predicted molar refractivity (Wildman–Crippen MR) is 66.4 cm³/mol. The van der Waals surface area contributed by atoms with Gasteiger partial charge in [0.15, 0.2) is 10.9 Å². The third kappa shape index (κ3) is 2.24. The van der Waals surface area contributed by atoms with Crippen molar-refractivity contribution < 1.29 is 0 Å². The first-order valence-electron chi connectivity index (χ1n) is 5.05. The maximum Gasteiger partial charge on any atom is 0.188 e. The van der Waals surface area contributed by atoms with Crippen molar-refractivity contribution in [2.75, 3.05) is 5.32 Å². The second-order valence-corrected chi connectivity index (χ2v) is 4.88. The van der Waals surface area contributed by atoms with Crippen molar-refractivity contribution in [3.05, 3.63) is 27.9 Å². The number of thiazole rings is 1. The smallest absolute Gasteiger partial charge is 0.188 e. The van der Waals surface area contributed by atoms with Gasteiger partial charge in [0, 0.05) is 11.1 Å². The van der Waals surface area contributed by atoms with Crippen molar-refractivity contribution in [2.24, 2.45) is 0 Å². The number of aryl methyl sites for hydroxylation is 2. The summed E-state index contributed by atoms with van der Waals surface area (Å²) in [6, 6.07) is 2.14. The highest BCUT2D eigenvalue weighted by Crippen LogP contribution is 2.24. The van der Waals surface area contributed by atoms with Crippen LogP contribution in [0.4, 0.5) is 10.9 Å². The SMILES string of the molecule is Cc1cnc(Nc2nnc(C)c(C)c2C#N)s1. The van der Waals surface area contributed by atoms with Gasteiger partial charge in [-0.05, 0) is 26.3 Å². The monoisotopic (exact) mass is 245 g/mol. The van der Waals surface area contributed by atoms with Crippen LogP contribution in [0.5, 0.6) is 0 Å². The van der Waals surface area contributed by atoms with Gasteiger partial charge in [-0.2, -0.15) is 10.4 Å². The van der Waals surface area contributed by atoms with Crippen molar-refractivity contribution in [3.63, 3.8) is 0 Å². The molecule has 6 heteroatoms. The van der Waals surface area contributed by atoms with Crippen molar-refractivity contribution in [1.82, 2.24) is 15.2 Å². The molecule has 0 aliphatic heterocycles. The van der Waals surface area contributed by atoms with Crippen LogP contribution in [-0.2, 0) is 0 Å². The average Bonchev–Trinajstić information content (AvgIpc) is 2.70. The van der Waals surface area contributed by atoms with Gasteiger partial charge >= 0.3 is 0 Å². The molecular formula is C11H11N5S. The zero-order valence-electron chi connectivity index (χ0n) is 9.77. The van der Waals surface area contributed by atoms with Crippen molar-refractivity contribution >= 4 is 22.3 Å². The van der Waals surface area contributed by atoms with E-state index < -0.39 is 0 Å². The molecule has 0 aliphatic carbocycles. The summed E-state index contributed by atoms with van der Waals surface area (Å²) < 4.78 is 0. The molecule has 0 saturated heterocycles. The van der Waals surface area contributed by atoms with E-state index in [-0.39, 0.29) is 0 Å². The van der Waals surface area contributed by atoms with Crippen LogP contribution in [0, 0.1) is 32.1 Å². The van der Waals surface area contributed by atoms with Crippen molar-refractivity contribution in [3.8, 4) is 6.07 Å². The van der Waals surface area contributed by atoms with Crippen molar-refractivity contribution in [1.29, 1.82) is 5.26 Å². The Morgan fingerprint density at radius 2 is 2.06 bits per heavy atom. The minimum atomic E-state index is 0.463. The fraction of sp³-hybridized carbons (Fsp3) is 0.273. The molecule has 0 bridgehead atoms. The van der Waals surface area contributed by atoms with Gasteiger partial charge in [-0.25, -0.2) is 4.98 Å². The number of nitrogens with zero attached hydrogens (tertiary/aromatic N) is 4. The van der Waals surface area contributed by atoms with E-state index >= 15 is 0 Å².